The van der Waals surface area contributed by atoms with Gasteiger partial charge in [-0.05, 0) is 59.3 Å². The number of hydrogen-bond acceptors (Lipinski definition) is 5. The van der Waals surface area contributed by atoms with Gasteiger partial charge in [0.1, 0.15) is 5.60 Å². The van der Waals surface area contributed by atoms with Gasteiger partial charge in [0, 0.05) is 13.1 Å². The number of nitrogens with zero attached hydrogens (tertiary/aromatic N) is 1. The third-order valence-corrected chi connectivity index (χ3v) is 4.00. The van der Waals surface area contributed by atoms with Crippen LogP contribution in [0.25, 0.3) is 0 Å². The standard InChI is InChI=1S/C17H29NO6/c1-5-23-15(21)13(14(19)20)7-6-12-8-10-18(11-9-12)16(22)24-17(2,3)4/h12-13H,5-11H2,1-4H3,(H,19,20). The molecule has 1 aliphatic rings. The van der Waals surface area contributed by atoms with E-state index in [0.717, 1.165) is 12.8 Å². The molecule has 1 unspecified atom stereocenters. The summed E-state index contributed by atoms with van der Waals surface area (Å²) in [7, 11) is 0. The summed E-state index contributed by atoms with van der Waals surface area (Å²) in [5, 5.41) is 9.15. The Morgan fingerprint density at radius 2 is 1.79 bits per heavy atom. The number of aliphatic carboxylic acids is 1. The second kappa shape index (κ2) is 8.89. The Labute approximate surface area is 143 Å². The summed E-state index contributed by atoms with van der Waals surface area (Å²) in [4.78, 5) is 36.5. The Balaban J connectivity index is 2.41. The van der Waals surface area contributed by atoms with Gasteiger partial charge in [-0.2, -0.15) is 0 Å². The van der Waals surface area contributed by atoms with Crippen molar-refractivity contribution in [1.29, 1.82) is 0 Å². The Hall–Kier alpha value is -1.79. The first kappa shape index (κ1) is 20.3. The molecule has 1 aliphatic heterocycles. The summed E-state index contributed by atoms with van der Waals surface area (Å²) in [6.07, 6.45) is 2.17. The molecule has 1 heterocycles. The van der Waals surface area contributed by atoms with Gasteiger partial charge < -0.3 is 19.5 Å². The van der Waals surface area contributed by atoms with Crippen molar-refractivity contribution in [2.45, 2.75) is 59.0 Å². The first-order valence-corrected chi connectivity index (χ1v) is 8.51. The van der Waals surface area contributed by atoms with Crippen LogP contribution in [-0.4, -0.2) is 53.3 Å². The molecule has 7 heteroatoms. The number of carbonyl (C=O) groups is 3. The first-order valence-electron chi connectivity index (χ1n) is 8.51. The zero-order chi connectivity index (χ0) is 18.3. The highest BCUT2D eigenvalue weighted by Gasteiger charge is 2.31. The summed E-state index contributed by atoms with van der Waals surface area (Å²) in [6, 6.07) is 0. The highest BCUT2D eigenvalue weighted by Crippen LogP contribution is 2.25. The lowest BCUT2D eigenvalue weighted by Gasteiger charge is -2.33. The van der Waals surface area contributed by atoms with Gasteiger partial charge in [0.25, 0.3) is 0 Å². The van der Waals surface area contributed by atoms with Gasteiger partial charge in [0.05, 0.1) is 6.61 Å². The van der Waals surface area contributed by atoms with Crippen LogP contribution < -0.4 is 0 Å². The highest BCUT2D eigenvalue weighted by molar-refractivity contribution is 5.93. The van der Waals surface area contributed by atoms with Crippen LogP contribution in [0.3, 0.4) is 0 Å². The minimum absolute atomic E-state index is 0.177. The van der Waals surface area contributed by atoms with Crippen molar-refractivity contribution >= 4 is 18.0 Å². The van der Waals surface area contributed by atoms with Crippen LogP contribution >= 0.6 is 0 Å². The Kier molecular flexibility index (Phi) is 7.51. The SMILES string of the molecule is CCOC(=O)C(CCC1CCN(C(=O)OC(C)(C)C)CC1)C(=O)O. The van der Waals surface area contributed by atoms with E-state index in [4.69, 9.17) is 14.6 Å². The molecule has 0 aromatic heterocycles. The average molecular weight is 343 g/mol. The molecule has 0 aliphatic carbocycles. The van der Waals surface area contributed by atoms with Gasteiger partial charge >= 0.3 is 18.0 Å². The molecule has 1 saturated heterocycles. The van der Waals surface area contributed by atoms with Crippen LogP contribution in [-0.2, 0) is 19.1 Å². The number of esters is 1. The van der Waals surface area contributed by atoms with Gasteiger partial charge in [0.2, 0.25) is 0 Å². The number of piperidine rings is 1. The van der Waals surface area contributed by atoms with Crippen molar-refractivity contribution in [3.05, 3.63) is 0 Å². The molecule has 0 aromatic rings. The minimum atomic E-state index is -1.14. The van der Waals surface area contributed by atoms with Gasteiger partial charge in [0.15, 0.2) is 5.92 Å². The molecule has 0 bridgehead atoms. The third-order valence-electron chi connectivity index (χ3n) is 4.00. The minimum Gasteiger partial charge on any atom is -0.481 e. The van der Waals surface area contributed by atoms with Crippen LogP contribution in [0.5, 0.6) is 0 Å². The number of hydrogen-bond donors (Lipinski definition) is 1. The number of rotatable bonds is 6. The second-order valence-corrected chi connectivity index (χ2v) is 7.13. The molecule has 0 aromatic carbocycles. The Bertz CT molecular complexity index is 448. The van der Waals surface area contributed by atoms with Gasteiger partial charge in [-0.1, -0.05) is 0 Å². The van der Waals surface area contributed by atoms with Crippen molar-refractivity contribution in [1.82, 2.24) is 4.90 Å². The predicted molar refractivity (Wildman–Crippen MR) is 87.5 cm³/mol. The van der Waals surface area contributed by atoms with E-state index in [1.54, 1.807) is 11.8 Å². The van der Waals surface area contributed by atoms with E-state index >= 15 is 0 Å². The van der Waals surface area contributed by atoms with Crippen LogP contribution in [0.1, 0.15) is 53.4 Å². The molecule has 1 atom stereocenters. The van der Waals surface area contributed by atoms with E-state index in [-0.39, 0.29) is 19.1 Å². The number of carboxylic acid groups (broad SMARTS) is 1. The summed E-state index contributed by atoms with van der Waals surface area (Å²) in [6.45, 7) is 8.52. The van der Waals surface area contributed by atoms with Crippen molar-refractivity contribution in [2.75, 3.05) is 19.7 Å². The highest BCUT2D eigenvalue weighted by atomic mass is 16.6. The molecular weight excluding hydrogens is 314 g/mol. The lowest BCUT2D eigenvalue weighted by molar-refractivity contribution is -0.158. The van der Waals surface area contributed by atoms with Crippen LogP contribution in [0, 0.1) is 11.8 Å². The van der Waals surface area contributed by atoms with Crippen molar-refractivity contribution < 1.29 is 29.0 Å². The van der Waals surface area contributed by atoms with E-state index in [2.05, 4.69) is 0 Å². The molecule has 1 fully saturated rings. The normalized spacial score (nSPS) is 17.2. The van der Waals surface area contributed by atoms with Crippen molar-refractivity contribution in [3.63, 3.8) is 0 Å². The topological polar surface area (TPSA) is 93.1 Å². The Morgan fingerprint density at radius 1 is 1.21 bits per heavy atom. The maximum Gasteiger partial charge on any atom is 0.410 e. The number of carbonyl (C=O) groups excluding carboxylic acids is 2. The molecule has 7 nitrogen and oxygen atoms in total. The largest absolute Gasteiger partial charge is 0.481 e. The fourth-order valence-electron chi connectivity index (χ4n) is 2.72. The number of carboxylic acids is 1. The fourth-order valence-corrected chi connectivity index (χ4v) is 2.72. The van der Waals surface area contributed by atoms with Gasteiger partial charge in [-0.3, -0.25) is 9.59 Å². The molecule has 1 amide bonds. The van der Waals surface area contributed by atoms with E-state index in [1.165, 1.54) is 0 Å². The summed E-state index contributed by atoms with van der Waals surface area (Å²) >= 11 is 0. The van der Waals surface area contributed by atoms with E-state index < -0.39 is 23.5 Å². The number of likely N-dealkylation sites (tertiary alicyclic amines) is 1. The van der Waals surface area contributed by atoms with E-state index in [9.17, 15) is 14.4 Å². The Morgan fingerprint density at radius 3 is 2.25 bits per heavy atom. The quantitative estimate of drug-likeness (QED) is 0.589. The van der Waals surface area contributed by atoms with Gasteiger partial charge in [-0.15, -0.1) is 0 Å². The van der Waals surface area contributed by atoms with Gasteiger partial charge in [-0.25, -0.2) is 4.79 Å². The number of amides is 1. The smallest absolute Gasteiger partial charge is 0.410 e. The molecule has 138 valence electrons. The number of ether oxygens (including phenoxy) is 2. The molecule has 0 spiro atoms. The third kappa shape index (κ3) is 6.76. The lowest BCUT2D eigenvalue weighted by atomic mass is 9.89. The zero-order valence-electron chi connectivity index (χ0n) is 15.0. The van der Waals surface area contributed by atoms with E-state index in [1.807, 2.05) is 20.8 Å². The molecule has 0 saturated carbocycles. The fraction of sp³-hybridized carbons (Fsp3) is 0.824. The molecule has 24 heavy (non-hydrogen) atoms. The lowest BCUT2D eigenvalue weighted by Crippen LogP contribution is -2.41. The summed E-state index contributed by atoms with van der Waals surface area (Å²) in [5.74, 6) is -2.61. The molecular formula is C17H29NO6. The van der Waals surface area contributed by atoms with Crippen molar-refractivity contribution in [3.8, 4) is 0 Å². The maximum atomic E-state index is 12.0. The van der Waals surface area contributed by atoms with Crippen LogP contribution in [0.4, 0.5) is 4.79 Å². The van der Waals surface area contributed by atoms with Crippen molar-refractivity contribution in [2.24, 2.45) is 11.8 Å². The molecule has 0 radical (unpaired) electrons. The molecule has 1 N–H and O–H groups in total. The predicted octanol–water partition coefficient (Wildman–Crippen LogP) is 2.68. The monoisotopic (exact) mass is 343 g/mol. The summed E-state index contributed by atoms with van der Waals surface area (Å²) < 4.78 is 10.2. The molecule has 1 rings (SSSR count). The van der Waals surface area contributed by atoms with E-state index in [0.29, 0.717) is 25.4 Å². The van der Waals surface area contributed by atoms with Crippen LogP contribution in [0.2, 0.25) is 0 Å². The second-order valence-electron chi connectivity index (χ2n) is 7.13. The average Bonchev–Trinajstić information content (AvgIpc) is 2.46. The zero-order valence-corrected chi connectivity index (χ0v) is 15.0. The summed E-state index contributed by atoms with van der Waals surface area (Å²) in [5.41, 5.74) is -0.512. The maximum absolute atomic E-state index is 12.0. The first-order chi connectivity index (χ1) is 11.1. The van der Waals surface area contributed by atoms with Crippen LogP contribution in [0.15, 0.2) is 0 Å².